The molecule has 1 N–H and O–H groups in total. The molecule has 2 atom stereocenters. The van der Waals surface area contributed by atoms with Crippen LogP contribution in [0, 0.1) is 11.8 Å². The molecule has 106 valence electrons. The van der Waals surface area contributed by atoms with Gasteiger partial charge in [-0.1, -0.05) is 23.6 Å². The van der Waals surface area contributed by atoms with Gasteiger partial charge >= 0.3 is 0 Å². The van der Waals surface area contributed by atoms with Crippen LogP contribution in [0.15, 0.2) is 22.8 Å². The van der Waals surface area contributed by atoms with Crippen molar-refractivity contribution in [2.45, 2.75) is 65.8 Å². The molecule has 19 heavy (non-hydrogen) atoms. The Hall–Kier alpha value is -1.05. The van der Waals surface area contributed by atoms with Gasteiger partial charge in [0.05, 0.1) is 0 Å². The Balaban J connectivity index is 2.12. The third-order valence-electron chi connectivity index (χ3n) is 4.50. The molecule has 0 aromatic heterocycles. The van der Waals surface area contributed by atoms with Gasteiger partial charge in [-0.05, 0) is 65.2 Å². The predicted octanol–water partition coefficient (Wildman–Crippen LogP) is 3.98. The summed E-state index contributed by atoms with van der Waals surface area (Å²) in [5.74, 6) is 1.41. The van der Waals surface area contributed by atoms with Crippen molar-refractivity contribution in [3.8, 4) is 0 Å². The molecule has 0 radical (unpaired) electrons. The maximum atomic E-state index is 12.0. The highest BCUT2D eigenvalue weighted by Gasteiger charge is 2.31. The SMILES string of the molecule is CC1=C2[C@@H](CCC[C@H]2/C=C(\C)C(=O)NC(C)C)CC1. The lowest BCUT2D eigenvalue weighted by atomic mass is 9.77. The van der Waals surface area contributed by atoms with E-state index in [0.29, 0.717) is 5.92 Å². The number of hydrogen-bond acceptors (Lipinski definition) is 1. The molecule has 1 saturated carbocycles. The van der Waals surface area contributed by atoms with E-state index < -0.39 is 0 Å². The van der Waals surface area contributed by atoms with Gasteiger partial charge in [0.1, 0.15) is 0 Å². The largest absolute Gasteiger partial charge is 0.350 e. The maximum Gasteiger partial charge on any atom is 0.246 e. The van der Waals surface area contributed by atoms with E-state index in [2.05, 4.69) is 18.3 Å². The quantitative estimate of drug-likeness (QED) is 0.604. The Kier molecular flexibility index (Phi) is 4.49. The summed E-state index contributed by atoms with van der Waals surface area (Å²) in [6.45, 7) is 8.24. The van der Waals surface area contributed by atoms with Crippen LogP contribution >= 0.6 is 0 Å². The highest BCUT2D eigenvalue weighted by molar-refractivity contribution is 5.93. The Morgan fingerprint density at radius 1 is 1.32 bits per heavy atom. The summed E-state index contributed by atoms with van der Waals surface area (Å²) in [5, 5.41) is 2.98. The van der Waals surface area contributed by atoms with Gasteiger partial charge in [-0.15, -0.1) is 0 Å². The number of hydrogen-bond donors (Lipinski definition) is 1. The van der Waals surface area contributed by atoms with Crippen molar-refractivity contribution in [3.63, 3.8) is 0 Å². The molecule has 0 bridgehead atoms. The Labute approximate surface area is 117 Å². The Bertz CT molecular complexity index is 417. The molecule has 0 saturated heterocycles. The molecule has 1 fully saturated rings. The summed E-state index contributed by atoms with van der Waals surface area (Å²) in [5.41, 5.74) is 4.12. The standard InChI is InChI=1S/C17H27NO/c1-11(2)18-17(19)13(4)10-15-7-5-6-14-9-8-12(3)16(14)15/h10-11,14-15H,5-9H2,1-4H3,(H,18,19)/b13-10+/t14-,15-/m0/s1. The summed E-state index contributed by atoms with van der Waals surface area (Å²) in [7, 11) is 0. The van der Waals surface area contributed by atoms with E-state index in [-0.39, 0.29) is 11.9 Å². The molecule has 0 aromatic carbocycles. The molecule has 0 aliphatic heterocycles. The number of fused-ring (bicyclic) bond motifs is 1. The number of rotatable bonds is 3. The van der Waals surface area contributed by atoms with E-state index in [4.69, 9.17) is 0 Å². The van der Waals surface area contributed by atoms with Gasteiger partial charge in [-0.2, -0.15) is 0 Å². The van der Waals surface area contributed by atoms with E-state index >= 15 is 0 Å². The van der Waals surface area contributed by atoms with Crippen molar-refractivity contribution < 1.29 is 4.79 Å². The highest BCUT2D eigenvalue weighted by Crippen LogP contribution is 2.45. The molecule has 0 unspecified atom stereocenters. The van der Waals surface area contributed by atoms with Gasteiger partial charge in [-0.3, -0.25) is 4.79 Å². The van der Waals surface area contributed by atoms with Crippen LogP contribution in [0.2, 0.25) is 0 Å². The van der Waals surface area contributed by atoms with Crippen LogP contribution in [0.3, 0.4) is 0 Å². The van der Waals surface area contributed by atoms with Crippen molar-refractivity contribution >= 4 is 5.91 Å². The minimum Gasteiger partial charge on any atom is -0.350 e. The molecule has 2 aliphatic carbocycles. The minimum atomic E-state index is 0.0911. The average molecular weight is 261 g/mol. The number of allylic oxidation sites excluding steroid dienone is 3. The molecule has 0 heterocycles. The van der Waals surface area contributed by atoms with Crippen molar-refractivity contribution in [2.75, 3.05) is 0 Å². The van der Waals surface area contributed by atoms with Crippen LogP contribution in [0.5, 0.6) is 0 Å². The molecule has 0 aromatic rings. The fourth-order valence-electron chi connectivity index (χ4n) is 3.62. The molecular formula is C17H27NO. The van der Waals surface area contributed by atoms with Gasteiger partial charge in [-0.25, -0.2) is 0 Å². The van der Waals surface area contributed by atoms with Crippen molar-refractivity contribution in [1.82, 2.24) is 5.32 Å². The van der Waals surface area contributed by atoms with Crippen LogP contribution in [-0.4, -0.2) is 11.9 Å². The second kappa shape index (κ2) is 5.94. The molecule has 2 nitrogen and oxygen atoms in total. The smallest absolute Gasteiger partial charge is 0.246 e. The lowest BCUT2D eigenvalue weighted by Gasteiger charge is -2.29. The second-order valence-corrected chi connectivity index (χ2v) is 6.49. The predicted molar refractivity (Wildman–Crippen MR) is 79.8 cm³/mol. The molecule has 2 aliphatic rings. The lowest BCUT2D eigenvalue weighted by Crippen LogP contribution is -2.31. The number of amides is 1. The van der Waals surface area contributed by atoms with Gasteiger partial charge in [0.15, 0.2) is 0 Å². The summed E-state index contributed by atoms with van der Waals surface area (Å²) in [6, 6.07) is 0.211. The van der Waals surface area contributed by atoms with E-state index in [1.807, 2.05) is 20.8 Å². The number of nitrogens with one attached hydrogen (secondary N) is 1. The van der Waals surface area contributed by atoms with Crippen LogP contribution in [0.1, 0.15) is 59.8 Å². The van der Waals surface area contributed by atoms with Crippen LogP contribution in [-0.2, 0) is 4.79 Å². The number of carbonyl (C=O) groups is 1. The van der Waals surface area contributed by atoms with Crippen molar-refractivity contribution in [2.24, 2.45) is 11.8 Å². The van der Waals surface area contributed by atoms with Crippen LogP contribution in [0.4, 0.5) is 0 Å². The third kappa shape index (κ3) is 3.29. The monoisotopic (exact) mass is 261 g/mol. The van der Waals surface area contributed by atoms with Gasteiger partial charge < -0.3 is 5.32 Å². The van der Waals surface area contributed by atoms with Gasteiger partial charge in [0.2, 0.25) is 5.91 Å². The second-order valence-electron chi connectivity index (χ2n) is 6.49. The average Bonchev–Trinajstić information content (AvgIpc) is 2.71. The van der Waals surface area contributed by atoms with E-state index in [1.54, 1.807) is 11.1 Å². The zero-order chi connectivity index (χ0) is 14.0. The summed E-state index contributed by atoms with van der Waals surface area (Å²) >= 11 is 0. The molecular weight excluding hydrogens is 234 g/mol. The highest BCUT2D eigenvalue weighted by atomic mass is 16.1. The summed E-state index contributed by atoms with van der Waals surface area (Å²) in [6.07, 6.45) is 8.70. The van der Waals surface area contributed by atoms with E-state index in [9.17, 15) is 4.79 Å². The zero-order valence-corrected chi connectivity index (χ0v) is 12.8. The van der Waals surface area contributed by atoms with Crippen molar-refractivity contribution in [3.05, 3.63) is 22.8 Å². The molecule has 2 heteroatoms. The first kappa shape index (κ1) is 14.4. The zero-order valence-electron chi connectivity index (χ0n) is 12.8. The minimum absolute atomic E-state index is 0.0911. The first-order valence-corrected chi connectivity index (χ1v) is 7.68. The summed E-state index contributed by atoms with van der Waals surface area (Å²) in [4.78, 5) is 12.0. The third-order valence-corrected chi connectivity index (χ3v) is 4.50. The van der Waals surface area contributed by atoms with E-state index in [0.717, 1.165) is 11.5 Å². The maximum absolute atomic E-state index is 12.0. The van der Waals surface area contributed by atoms with Crippen LogP contribution < -0.4 is 5.32 Å². The first-order chi connectivity index (χ1) is 8.99. The van der Waals surface area contributed by atoms with Crippen molar-refractivity contribution in [1.29, 1.82) is 0 Å². The normalized spacial score (nSPS) is 27.7. The Morgan fingerprint density at radius 2 is 2.05 bits per heavy atom. The van der Waals surface area contributed by atoms with Gasteiger partial charge in [0.25, 0.3) is 0 Å². The van der Waals surface area contributed by atoms with E-state index in [1.165, 1.54) is 32.1 Å². The first-order valence-electron chi connectivity index (χ1n) is 7.68. The topological polar surface area (TPSA) is 29.1 Å². The lowest BCUT2D eigenvalue weighted by molar-refractivity contribution is -0.117. The van der Waals surface area contributed by atoms with Gasteiger partial charge in [0, 0.05) is 11.6 Å². The number of carbonyl (C=O) groups excluding carboxylic acids is 1. The molecule has 1 amide bonds. The fourth-order valence-corrected chi connectivity index (χ4v) is 3.62. The fraction of sp³-hybridized carbons (Fsp3) is 0.706. The summed E-state index contributed by atoms with van der Waals surface area (Å²) < 4.78 is 0. The molecule has 2 rings (SSSR count). The van der Waals surface area contributed by atoms with Crippen LogP contribution in [0.25, 0.3) is 0 Å². The Morgan fingerprint density at radius 3 is 2.74 bits per heavy atom. The molecule has 0 spiro atoms.